The average Bonchev–Trinajstić information content (AvgIpc) is 2.67. The maximum atomic E-state index is 11.2. The smallest absolute Gasteiger partial charge is 0.332 e. The van der Waals surface area contributed by atoms with Crippen LogP contribution >= 0.6 is 0 Å². The Hall–Kier alpha value is -1.25. The van der Waals surface area contributed by atoms with Crippen LogP contribution < -0.4 is 0 Å². The molecular weight excluding hydrogens is 178 g/mol. The molecule has 0 bridgehead atoms. The lowest BCUT2D eigenvalue weighted by atomic mass is 10.4. The predicted octanol–water partition coefficient (Wildman–Crippen LogP) is 1.72. The minimum absolute atomic E-state index is 0.280. The molecule has 1 aliphatic rings. The van der Waals surface area contributed by atoms with E-state index in [9.17, 15) is 4.79 Å². The molecule has 0 atom stereocenters. The number of rotatable bonds is 4. The van der Waals surface area contributed by atoms with Crippen LogP contribution in [0.25, 0.3) is 0 Å². The monoisotopic (exact) mass is 195 g/mol. The van der Waals surface area contributed by atoms with E-state index >= 15 is 0 Å². The van der Waals surface area contributed by atoms with Gasteiger partial charge in [0.1, 0.15) is 6.61 Å². The molecule has 1 rings (SSSR count). The molecule has 0 aromatic rings. The Bertz CT molecular complexity index is 240. The number of carbonyl (C=O) groups excluding carboxylic acids is 1. The van der Waals surface area contributed by atoms with Crippen molar-refractivity contribution < 1.29 is 9.53 Å². The van der Waals surface area contributed by atoms with Crippen molar-refractivity contribution in [1.29, 1.82) is 0 Å². The van der Waals surface area contributed by atoms with E-state index < -0.39 is 0 Å². The zero-order chi connectivity index (χ0) is 10.4. The topological polar surface area (TPSA) is 29.5 Å². The molecule has 1 fully saturated rings. The van der Waals surface area contributed by atoms with Crippen LogP contribution in [-0.2, 0) is 9.53 Å². The van der Waals surface area contributed by atoms with Crippen molar-refractivity contribution in [2.45, 2.75) is 19.8 Å². The van der Waals surface area contributed by atoms with Gasteiger partial charge in [-0.3, -0.25) is 0 Å². The fourth-order valence-electron chi connectivity index (χ4n) is 1.51. The Morgan fingerprint density at radius 1 is 1.50 bits per heavy atom. The van der Waals surface area contributed by atoms with Crippen molar-refractivity contribution >= 4 is 5.97 Å². The van der Waals surface area contributed by atoms with Gasteiger partial charge in [-0.25, -0.2) is 4.79 Å². The summed E-state index contributed by atoms with van der Waals surface area (Å²) in [5.41, 5.74) is 0.997. The first-order chi connectivity index (χ1) is 6.74. The largest absolute Gasteiger partial charge is 0.458 e. The lowest BCUT2D eigenvalue weighted by Crippen LogP contribution is -2.18. The Morgan fingerprint density at radius 2 is 2.14 bits per heavy atom. The van der Waals surface area contributed by atoms with Crippen molar-refractivity contribution in [2.24, 2.45) is 0 Å². The van der Waals surface area contributed by atoms with Crippen LogP contribution in [0.2, 0.25) is 0 Å². The quantitative estimate of drug-likeness (QED) is 0.388. The summed E-state index contributed by atoms with van der Waals surface area (Å²) in [5, 5.41) is 0. The molecule has 14 heavy (non-hydrogen) atoms. The molecule has 0 radical (unpaired) electrons. The van der Waals surface area contributed by atoms with Crippen LogP contribution in [-0.4, -0.2) is 30.6 Å². The van der Waals surface area contributed by atoms with Crippen LogP contribution in [0.5, 0.6) is 0 Å². The number of allylic oxidation sites excluding steroid dienone is 1. The van der Waals surface area contributed by atoms with Crippen LogP contribution in [0.4, 0.5) is 0 Å². The molecule has 1 saturated heterocycles. The van der Waals surface area contributed by atoms with E-state index in [1.54, 1.807) is 12.2 Å². The van der Waals surface area contributed by atoms with Gasteiger partial charge in [-0.05, 0) is 19.8 Å². The van der Waals surface area contributed by atoms with Gasteiger partial charge in [0, 0.05) is 24.9 Å². The second kappa shape index (κ2) is 5.47. The Balaban J connectivity index is 2.40. The Labute approximate surface area is 85.0 Å². The summed E-state index contributed by atoms with van der Waals surface area (Å²) < 4.78 is 4.86. The number of ether oxygens (including phenoxy) is 1. The predicted molar refractivity (Wildman–Crippen MR) is 55.7 cm³/mol. The van der Waals surface area contributed by atoms with Crippen molar-refractivity contribution in [3.63, 3.8) is 0 Å². The number of hydrogen-bond acceptors (Lipinski definition) is 3. The molecule has 1 aliphatic heterocycles. The van der Waals surface area contributed by atoms with E-state index in [2.05, 4.69) is 11.5 Å². The summed E-state index contributed by atoms with van der Waals surface area (Å²) in [4.78, 5) is 13.4. The first kappa shape index (κ1) is 10.8. The van der Waals surface area contributed by atoms with Crippen LogP contribution in [0.1, 0.15) is 19.8 Å². The highest BCUT2D eigenvalue weighted by atomic mass is 16.5. The number of nitrogens with zero attached hydrogens (tertiary/aromatic N) is 1. The third kappa shape index (κ3) is 3.24. The second-order valence-corrected chi connectivity index (χ2v) is 3.40. The summed E-state index contributed by atoms with van der Waals surface area (Å²) in [5.74, 6) is -0.283. The average molecular weight is 195 g/mol. The highest BCUT2D eigenvalue weighted by Crippen LogP contribution is 2.13. The fourth-order valence-corrected chi connectivity index (χ4v) is 1.51. The minimum Gasteiger partial charge on any atom is -0.458 e. The molecule has 3 heteroatoms. The van der Waals surface area contributed by atoms with E-state index in [4.69, 9.17) is 4.74 Å². The SMILES string of the molecule is C=CCOC(=O)/C=C(\C)N1CCCC1. The van der Waals surface area contributed by atoms with E-state index in [0.717, 1.165) is 18.8 Å². The van der Waals surface area contributed by atoms with E-state index in [-0.39, 0.29) is 12.6 Å². The highest BCUT2D eigenvalue weighted by molar-refractivity contribution is 5.82. The van der Waals surface area contributed by atoms with Crippen molar-refractivity contribution in [3.8, 4) is 0 Å². The molecule has 0 aliphatic carbocycles. The summed E-state index contributed by atoms with van der Waals surface area (Å²) in [6.07, 6.45) is 5.55. The van der Waals surface area contributed by atoms with Crippen molar-refractivity contribution in [1.82, 2.24) is 4.90 Å². The maximum Gasteiger partial charge on any atom is 0.332 e. The molecule has 0 aromatic carbocycles. The first-order valence-electron chi connectivity index (χ1n) is 4.95. The summed E-state index contributed by atoms with van der Waals surface area (Å²) in [6.45, 7) is 7.81. The molecular formula is C11H17NO2. The number of hydrogen-bond donors (Lipinski definition) is 0. The molecule has 0 spiro atoms. The van der Waals surface area contributed by atoms with Gasteiger partial charge in [-0.2, -0.15) is 0 Å². The van der Waals surface area contributed by atoms with Gasteiger partial charge in [0.05, 0.1) is 0 Å². The number of esters is 1. The second-order valence-electron chi connectivity index (χ2n) is 3.40. The molecule has 1 heterocycles. The van der Waals surface area contributed by atoms with Crippen LogP contribution in [0.15, 0.2) is 24.4 Å². The van der Waals surface area contributed by atoms with Crippen molar-refractivity contribution in [2.75, 3.05) is 19.7 Å². The van der Waals surface area contributed by atoms with Crippen LogP contribution in [0, 0.1) is 0 Å². The fraction of sp³-hybridized carbons (Fsp3) is 0.545. The van der Waals surface area contributed by atoms with Crippen LogP contribution in [0.3, 0.4) is 0 Å². The number of carbonyl (C=O) groups is 1. The van der Waals surface area contributed by atoms with Gasteiger partial charge in [-0.1, -0.05) is 12.7 Å². The first-order valence-corrected chi connectivity index (χ1v) is 4.95. The third-order valence-electron chi connectivity index (χ3n) is 2.28. The van der Waals surface area contributed by atoms with E-state index in [1.165, 1.54) is 12.8 Å². The zero-order valence-corrected chi connectivity index (χ0v) is 8.66. The zero-order valence-electron chi connectivity index (χ0n) is 8.66. The maximum absolute atomic E-state index is 11.2. The summed E-state index contributed by atoms with van der Waals surface area (Å²) in [7, 11) is 0. The lowest BCUT2D eigenvalue weighted by molar-refractivity contribution is -0.136. The summed E-state index contributed by atoms with van der Waals surface area (Å²) in [6, 6.07) is 0. The molecule has 0 unspecified atom stereocenters. The van der Waals surface area contributed by atoms with Gasteiger partial charge in [0.15, 0.2) is 0 Å². The Morgan fingerprint density at radius 3 is 2.71 bits per heavy atom. The van der Waals surface area contributed by atoms with Gasteiger partial charge in [-0.15, -0.1) is 0 Å². The molecule has 0 saturated carbocycles. The molecule has 3 nitrogen and oxygen atoms in total. The summed E-state index contributed by atoms with van der Waals surface area (Å²) >= 11 is 0. The molecule has 0 N–H and O–H groups in total. The molecule has 0 aromatic heterocycles. The van der Waals surface area contributed by atoms with Gasteiger partial charge >= 0.3 is 5.97 Å². The van der Waals surface area contributed by atoms with Gasteiger partial charge in [0.2, 0.25) is 0 Å². The number of likely N-dealkylation sites (tertiary alicyclic amines) is 1. The van der Waals surface area contributed by atoms with E-state index in [0.29, 0.717) is 0 Å². The molecule has 78 valence electrons. The lowest BCUT2D eigenvalue weighted by Gasteiger charge is -2.17. The highest BCUT2D eigenvalue weighted by Gasteiger charge is 2.12. The van der Waals surface area contributed by atoms with Crippen molar-refractivity contribution in [3.05, 3.63) is 24.4 Å². The van der Waals surface area contributed by atoms with Gasteiger partial charge in [0.25, 0.3) is 0 Å². The molecule has 0 amide bonds. The Kier molecular flexibility index (Phi) is 4.23. The minimum atomic E-state index is -0.283. The third-order valence-corrected chi connectivity index (χ3v) is 2.28. The van der Waals surface area contributed by atoms with Gasteiger partial charge < -0.3 is 9.64 Å². The van der Waals surface area contributed by atoms with E-state index in [1.807, 2.05) is 6.92 Å². The normalized spacial score (nSPS) is 16.9. The standard InChI is InChI=1S/C11H17NO2/c1-3-8-14-11(13)9-10(2)12-6-4-5-7-12/h3,9H,1,4-8H2,2H3/b10-9+.